The molecule has 0 aliphatic heterocycles. The van der Waals surface area contributed by atoms with Crippen LogP contribution in [0.3, 0.4) is 0 Å². The third-order valence-electron chi connectivity index (χ3n) is 2.70. The maximum absolute atomic E-state index is 12.7. The molecule has 0 bridgehead atoms. The highest BCUT2D eigenvalue weighted by atomic mass is 32.2. The van der Waals surface area contributed by atoms with Crippen LogP contribution < -0.4 is 4.74 Å². The van der Waals surface area contributed by atoms with Gasteiger partial charge in [-0.3, -0.25) is 0 Å². The van der Waals surface area contributed by atoms with Gasteiger partial charge in [0, 0.05) is 18.1 Å². The van der Waals surface area contributed by atoms with E-state index in [1.54, 1.807) is 34.6 Å². The maximum Gasteiger partial charge on any atom is 0.253 e. The number of benzene rings is 1. The van der Waals surface area contributed by atoms with E-state index in [0.717, 1.165) is 12.2 Å². The molecule has 7 heteroatoms. The van der Waals surface area contributed by atoms with Crippen LogP contribution >= 0.6 is 11.8 Å². The summed E-state index contributed by atoms with van der Waals surface area (Å²) < 4.78 is 19.9. The smallest absolute Gasteiger partial charge is 0.253 e. The average molecular weight is 304 g/mol. The monoisotopic (exact) mass is 304 g/mol. The van der Waals surface area contributed by atoms with E-state index in [9.17, 15) is 4.39 Å². The van der Waals surface area contributed by atoms with Crippen molar-refractivity contribution in [2.45, 2.75) is 11.6 Å². The number of fused-ring (bicyclic) bond motifs is 1. The zero-order valence-corrected chi connectivity index (χ0v) is 12.0. The molecule has 0 saturated carbocycles. The van der Waals surface area contributed by atoms with Gasteiger partial charge in [0.05, 0.1) is 6.61 Å². The Labute approximate surface area is 125 Å². The van der Waals surface area contributed by atoms with Crippen LogP contribution in [0.1, 0.15) is 6.42 Å². The molecule has 0 aliphatic carbocycles. The van der Waals surface area contributed by atoms with Crippen molar-refractivity contribution in [1.82, 2.24) is 19.6 Å². The Bertz CT molecular complexity index is 683. The highest BCUT2D eigenvalue weighted by Gasteiger charge is 2.04. The van der Waals surface area contributed by atoms with Crippen LogP contribution in [0.4, 0.5) is 4.39 Å². The lowest BCUT2D eigenvalue weighted by Crippen LogP contribution is -1.98. The van der Waals surface area contributed by atoms with Gasteiger partial charge in [-0.05, 0) is 36.8 Å². The molecule has 0 spiro atoms. The van der Waals surface area contributed by atoms with Gasteiger partial charge < -0.3 is 4.74 Å². The molecule has 21 heavy (non-hydrogen) atoms. The lowest BCUT2D eigenvalue weighted by atomic mass is 10.3. The third-order valence-corrected chi connectivity index (χ3v) is 3.62. The zero-order valence-electron chi connectivity index (χ0n) is 11.1. The van der Waals surface area contributed by atoms with E-state index in [1.165, 1.54) is 12.1 Å². The van der Waals surface area contributed by atoms with Gasteiger partial charge in [0.1, 0.15) is 11.6 Å². The summed E-state index contributed by atoms with van der Waals surface area (Å²) in [7, 11) is 0. The highest BCUT2D eigenvalue weighted by molar-refractivity contribution is 7.99. The molecular formula is C14H13FN4OS. The fourth-order valence-electron chi connectivity index (χ4n) is 1.72. The molecule has 3 aromatic rings. The van der Waals surface area contributed by atoms with Gasteiger partial charge in [-0.25, -0.2) is 13.9 Å². The van der Waals surface area contributed by atoms with Gasteiger partial charge in [-0.2, -0.15) is 4.98 Å². The van der Waals surface area contributed by atoms with E-state index in [1.807, 2.05) is 12.3 Å². The van der Waals surface area contributed by atoms with Crippen molar-refractivity contribution in [1.29, 1.82) is 0 Å². The molecule has 0 amide bonds. The number of hydrogen-bond donors (Lipinski definition) is 0. The number of nitrogens with zero attached hydrogens (tertiary/aromatic N) is 4. The quantitative estimate of drug-likeness (QED) is 0.518. The van der Waals surface area contributed by atoms with Gasteiger partial charge in [0.2, 0.25) is 5.16 Å². The topological polar surface area (TPSA) is 52.3 Å². The number of aromatic nitrogens is 4. The molecule has 2 aromatic heterocycles. The zero-order chi connectivity index (χ0) is 14.5. The standard InChI is InChI=1S/C14H13FN4OS/c15-11-3-5-12(6-4-11)20-9-2-10-21-14-17-13-16-7-1-8-19(13)18-14/h1,3-8H,2,9-10H2. The molecule has 0 saturated heterocycles. The second-order valence-electron chi connectivity index (χ2n) is 4.26. The molecule has 0 N–H and O–H groups in total. The number of thioether (sulfide) groups is 1. The molecule has 0 atom stereocenters. The molecule has 0 fully saturated rings. The minimum absolute atomic E-state index is 0.260. The van der Waals surface area contributed by atoms with Crippen molar-refractivity contribution in [3.8, 4) is 5.75 Å². The lowest BCUT2D eigenvalue weighted by molar-refractivity contribution is 0.318. The van der Waals surface area contributed by atoms with Gasteiger partial charge in [-0.15, -0.1) is 5.10 Å². The summed E-state index contributed by atoms with van der Waals surface area (Å²) in [6.07, 6.45) is 4.36. The van der Waals surface area contributed by atoms with Crippen LogP contribution in [0.15, 0.2) is 47.9 Å². The summed E-state index contributed by atoms with van der Waals surface area (Å²) in [5.74, 6) is 1.86. The summed E-state index contributed by atoms with van der Waals surface area (Å²) in [4.78, 5) is 8.41. The summed E-state index contributed by atoms with van der Waals surface area (Å²) in [5, 5.41) is 5.01. The SMILES string of the molecule is Fc1ccc(OCCCSc2nc3ncccn3n2)cc1. The molecule has 0 radical (unpaired) electrons. The Morgan fingerprint density at radius 2 is 2.10 bits per heavy atom. The molecular weight excluding hydrogens is 291 g/mol. The minimum Gasteiger partial charge on any atom is -0.494 e. The van der Waals surface area contributed by atoms with Gasteiger partial charge in [0.15, 0.2) is 0 Å². The first-order valence-corrected chi connectivity index (χ1v) is 7.48. The first-order chi connectivity index (χ1) is 10.3. The maximum atomic E-state index is 12.7. The van der Waals surface area contributed by atoms with Gasteiger partial charge >= 0.3 is 0 Å². The molecule has 2 heterocycles. The van der Waals surface area contributed by atoms with E-state index in [0.29, 0.717) is 23.3 Å². The Kier molecular flexibility index (Phi) is 4.30. The van der Waals surface area contributed by atoms with Crippen LogP contribution in [0.25, 0.3) is 5.78 Å². The van der Waals surface area contributed by atoms with E-state index in [4.69, 9.17) is 4.74 Å². The minimum atomic E-state index is -0.260. The Morgan fingerprint density at radius 3 is 2.90 bits per heavy atom. The van der Waals surface area contributed by atoms with Crippen molar-refractivity contribution in [2.24, 2.45) is 0 Å². The number of rotatable bonds is 6. The van der Waals surface area contributed by atoms with Gasteiger partial charge in [-0.1, -0.05) is 11.8 Å². The highest BCUT2D eigenvalue weighted by Crippen LogP contribution is 2.15. The van der Waals surface area contributed by atoms with Crippen LogP contribution in [0.2, 0.25) is 0 Å². The fourth-order valence-corrected chi connectivity index (χ4v) is 2.45. The van der Waals surface area contributed by atoms with Crippen molar-refractivity contribution in [2.75, 3.05) is 12.4 Å². The summed E-state index contributed by atoms with van der Waals surface area (Å²) >= 11 is 1.56. The number of hydrogen-bond acceptors (Lipinski definition) is 5. The Morgan fingerprint density at radius 1 is 1.24 bits per heavy atom. The van der Waals surface area contributed by atoms with E-state index >= 15 is 0 Å². The molecule has 0 aliphatic rings. The first kappa shape index (κ1) is 13.8. The Balaban J connectivity index is 1.42. The van der Waals surface area contributed by atoms with Gasteiger partial charge in [0.25, 0.3) is 5.78 Å². The van der Waals surface area contributed by atoms with E-state index in [-0.39, 0.29) is 5.82 Å². The normalized spacial score (nSPS) is 10.9. The predicted octanol–water partition coefficient (Wildman–Crippen LogP) is 2.82. The second-order valence-corrected chi connectivity index (χ2v) is 5.33. The summed E-state index contributed by atoms with van der Waals surface area (Å²) in [6, 6.07) is 7.83. The number of ether oxygens (including phenoxy) is 1. The van der Waals surface area contributed by atoms with Crippen LogP contribution in [-0.4, -0.2) is 31.9 Å². The van der Waals surface area contributed by atoms with Crippen LogP contribution in [-0.2, 0) is 0 Å². The molecule has 1 aromatic carbocycles. The molecule has 0 unspecified atom stereocenters. The van der Waals surface area contributed by atoms with Crippen LogP contribution in [0, 0.1) is 5.82 Å². The van der Waals surface area contributed by atoms with Crippen molar-refractivity contribution in [3.63, 3.8) is 0 Å². The summed E-state index contributed by atoms with van der Waals surface area (Å²) in [5.41, 5.74) is 0. The fraction of sp³-hybridized carbons (Fsp3) is 0.214. The predicted molar refractivity (Wildman–Crippen MR) is 78.0 cm³/mol. The molecule has 3 rings (SSSR count). The molecule has 5 nitrogen and oxygen atoms in total. The van der Waals surface area contributed by atoms with E-state index in [2.05, 4.69) is 15.1 Å². The number of halogens is 1. The third kappa shape index (κ3) is 3.69. The van der Waals surface area contributed by atoms with Crippen molar-refractivity contribution in [3.05, 3.63) is 48.5 Å². The lowest BCUT2D eigenvalue weighted by Gasteiger charge is -2.04. The van der Waals surface area contributed by atoms with E-state index < -0.39 is 0 Å². The molecule has 108 valence electrons. The van der Waals surface area contributed by atoms with Crippen LogP contribution in [0.5, 0.6) is 5.75 Å². The average Bonchev–Trinajstić information content (AvgIpc) is 2.91. The largest absolute Gasteiger partial charge is 0.494 e. The Hall–Kier alpha value is -2.15. The van der Waals surface area contributed by atoms with Crippen molar-refractivity contribution >= 4 is 17.5 Å². The first-order valence-electron chi connectivity index (χ1n) is 6.50. The second kappa shape index (κ2) is 6.53. The summed E-state index contributed by atoms with van der Waals surface area (Å²) in [6.45, 7) is 0.574. The van der Waals surface area contributed by atoms with Crippen molar-refractivity contribution < 1.29 is 9.13 Å².